The minimum atomic E-state index is -0.493. The van der Waals surface area contributed by atoms with E-state index in [0.717, 1.165) is 0 Å². The van der Waals surface area contributed by atoms with Crippen LogP contribution in [0.4, 0.5) is 0 Å². The number of amidine groups is 1. The topological polar surface area (TPSA) is 42.8 Å². The molecule has 2 aliphatic heterocycles. The van der Waals surface area contributed by atoms with E-state index in [-0.39, 0.29) is 18.2 Å². The van der Waals surface area contributed by atoms with Crippen molar-refractivity contribution in [2.75, 3.05) is 19.7 Å². The Kier molecular flexibility index (Phi) is 1.38. The van der Waals surface area contributed by atoms with E-state index >= 15 is 0 Å². The average Bonchev–Trinajstić information content (AvgIpc) is 2.77. The Morgan fingerprint density at radius 3 is 3.13 bits per heavy atom. The number of hydrogen-bond donors (Lipinski definition) is 1. The molecular formula is C11H12N2O2. The van der Waals surface area contributed by atoms with Crippen LogP contribution < -0.4 is 14.8 Å². The monoisotopic (exact) mass is 207 g/mol. The third-order valence-corrected chi connectivity index (χ3v) is 2.30. The molecule has 0 saturated heterocycles. The lowest BCUT2D eigenvalue weighted by Crippen LogP contribution is -2.42. The van der Waals surface area contributed by atoms with Gasteiger partial charge in [-0.15, -0.1) is 0 Å². The molecule has 0 radical (unpaired) electrons. The lowest BCUT2D eigenvalue weighted by Gasteiger charge is -2.26. The van der Waals surface area contributed by atoms with Crippen LogP contribution in [0.5, 0.6) is 11.5 Å². The Morgan fingerprint density at radius 1 is 1.47 bits per heavy atom. The molecule has 1 N–H and O–H groups in total. The average molecular weight is 207 g/mol. The number of benzene rings is 1. The number of hydrogen-bond acceptors (Lipinski definition) is 4. The number of fused-ring (bicyclic) bond motifs is 1. The van der Waals surface area contributed by atoms with Gasteiger partial charge in [-0.2, -0.15) is 0 Å². The van der Waals surface area contributed by atoms with Crippen LogP contribution in [0.25, 0.3) is 0 Å². The summed E-state index contributed by atoms with van der Waals surface area (Å²) in [6.07, 6.45) is -0.371. The Bertz CT molecular complexity index is 521. The van der Waals surface area contributed by atoms with Crippen LogP contribution in [-0.2, 0) is 0 Å². The maximum absolute atomic E-state index is 7.57. The molecule has 4 nitrogen and oxygen atoms in total. The number of nitrogens with one attached hydrogen (secondary N) is 1. The summed E-state index contributed by atoms with van der Waals surface area (Å²) in [4.78, 5) is 4.11. The van der Waals surface area contributed by atoms with E-state index in [0.29, 0.717) is 30.5 Å². The minimum Gasteiger partial charge on any atom is -0.485 e. The van der Waals surface area contributed by atoms with Crippen molar-refractivity contribution in [2.24, 2.45) is 4.99 Å². The van der Waals surface area contributed by atoms with Gasteiger partial charge in [0.2, 0.25) is 0 Å². The zero-order valence-electron chi connectivity index (χ0n) is 11.0. The van der Waals surface area contributed by atoms with Crippen molar-refractivity contribution in [3.63, 3.8) is 0 Å². The smallest absolute Gasteiger partial charge is 0.189 e. The quantitative estimate of drug-likeness (QED) is 0.741. The number of para-hydroxylation sites is 2. The molecule has 0 aliphatic carbocycles. The van der Waals surface area contributed by atoms with Crippen molar-refractivity contribution in [1.29, 1.82) is 0 Å². The molecule has 1 aromatic carbocycles. The fourth-order valence-corrected chi connectivity index (χ4v) is 1.59. The molecule has 1 unspecified atom stereocenters. The van der Waals surface area contributed by atoms with Gasteiger partial charge < -0.3 is 14.8 Å². The predicted molar refractivity (Wildman–Crippen MR) is 56.7 cm³/mol. The van der Waals surface area contributed by atoms with E-state index in [1.54, 1.807) is 0 Å². The van der Waals surface area contributed by atoms with Crippen molar-refractivity contribution in [3.8, 4) is 11.5 Å². The highest BCUT2D eigenvalue weighted by atomic mass is 16.6. The van der Waals surface area contributed by atoms with Gasteiger partial charge in [0.1, 0.15) is 12.4 Å². The van der Waals surface area contributed by atoms with Crippen LogP contribution in [0, 0.1) is 0 Å². The van der Waals surface area contributed by atoms with Gasteiger partial charge in [0.25, 0.3) is 0 Å². The highest BCUT2D eigenvalue weighted by Crippen LogP contribution is 2.31. The second-order valence-electron chi connectivity index (χ2n) is 3.30. The highest BCUT2D eigenvalue weighted by Gasteiger charge is 2.26. The zero-order chi connectivity index (χ0) is 12.7. The Hall–Kier alpha value is -1.71. The van der Waals surface area contributed by atoms with Gasteiger partial charge in [0, 0.05) is 6.54 Å². The number of ether oxygens (including phenoxy) is 2. The van der Waals surface area contributed by atoms with Crippen molar-refractivity contribution >= 4 is 5.84 Å². The van der Waals surface area contributed by atoms with E-state index in [2.05, 4.69) is 10.3 Å². The summed E-state index contributed by atoms with van der Waals surface area (Å²) in [6, 6.07) is 3.15. The van der Waals surface area contributed by atoms with Crippen LogP contribution in [0.2, 0.25) is 0 Å². The second-order valence-corrected chi connectivity index (χ2v) is 3.30. The molecule has 0 aromatic heterocycles. The molecule has 0 fully saturated rings. The van der Waals surface area contributed by atoms with Crippen molar-refractivity contribution in [1.82, 2.24) is 5.32 Å². The molecule has 2 aliphatic rings. The summed E-state index contributed by atoms with van der Waals surface area (Å²) >= 11 is 0. The Labute approximate surface area is 92.1 Å². The number of nitrogens with zero attached hydrogens (tertiary/aromatic N) is 1. The van der Waals surface area contributed by atoms with Gasteiger partial charge >= 0.3 is 0 Å². The van der Waals surface area contributed by atoms with Crippen LogP contribution in [0.3, 0.4) is 0 Å². The maximum atomic E-state index is 7.57. The van der Waals surface area contributed by atoms with E-state index in [4.69, 9.17) is 13.6 Å². The van der Waals surface area contributed by atoms with E-state index < -0.39 is 6.52 Å². The molecule has 0 amide bonds. The third-order valence-electron chi connectivity index (χ3n) is 2.30. The number of aliphatic imine (C=N–C) groups is 1. The highest BCUT2D eigenvalue weighted by molar-refractivity contribution is 5.88. The lowest BCUT2D eigenvalue weighted by molar-refractivity contribution is 0.133. The fraction of sp³-hybridized carbons (Fsp3) is 0.364. The minimum absolute atomic E-state index is 0.0951. The largest absolute Gasteiger partial charge is 0.485 e. The van der Waals surface area contributed by atoms with Crippen molar-refractivity contribution < 1.29 is 13.6 Å². The molecule has 2 atom stereocenters. The summed E-state index contributed by atoms with van der Waals surface area (Å²) in [7, 11) is 0. The molecule has 0 spiro atoms. The van der Waals surface area contributed by atoms with Crippen LogP contribution >= 0.6 is 0 Å². The summed E-state index contributed by atoms with van der Waals surface area (Å²) in [5.41, 5.74) is 0. The van der Waals surface area contributed by atoms with Crippen LogP contribution in [-0.4, -0.2) is 31.6 Å². The summed E-state index contributed by atoms with van der Waals surface area (Å²) in [6.45, 7) is 0.284. The summed E-state index contributed by atoms with van der Waals surface area (Å²) < 4.78 is 33.8. The molecule has 4 heteroatoms. The molecule has 78 valence electrons. The molecular weight excluding hydrogens is 192 g/mol. The van der Waals surface area contributed by atoms with Gasteiger partial charge in [-0.25, -0.2) is 0 Å². The maximum Gasteiger partial charge on any atom is 0.189 e. The first-order valence-corrected chi connectivity index (χ1v) is 4.78. The Balaban J connectivity index is 1.85. The van der Waals surface area contributed by atoms with Crippen molar-refractivity contribution in [2.45, 2.75) is 6.10 Å². The SMILES string of the molecule is [2H]c1cc2c(cc1[2H])OC(C1=N[C@@H]([2H])CN1)CO2. The third kappa shape index (κ3) is 1.52. The second kappa shape index (κ2) is 3.46. The first kappa shape index (κ1) is 6.00. The standard InChI is InChI=1S/C11H12N2O2/c1-2-4-9-8(3-1)14-7-10(15-9)11-12-5-6-13-11/h1-4,10H,5-7H2,(H,12,13)/i1D,2D,5D/t5-,10?/m0/s1. The van der Waals surface area contributed by atoms with Crippen LogP contribution in [0.15, 0.2) is 29.2 Å². The van der Waals surface area contributed by atoms with E-state index in [1.807, 2.05) is 0 Å². The lowest BCUT2D eigenvalue weighted by atomic mass is 10.2. The summed E-state index contributed by atoms with van der Waals surface area (Å²) in [5.74, 6) is 1.54. The van der Waals surface area contributed by atoms with E-state index in [9.17, 15) is 0 Å². The Morgan fingerprint density at radius 2 is 2.33 bits per heavy atom. The predicted octanol–water partition coefficient (Wildman–Crippen LogP) is 0.828. The molecule has 2 heterocycles. The van der Waals surface area contributed by atoms with Gasteiger partial charge in [0.05, 0.1) is 10.6 Å². The van der Waals surface area contributed by atoms with Gasteiger partial charge in [-0.1, -0.05) is 12.1 Å². The normalized spacial score (nSPS) is 30.9. The number of rotatable bonds is 1. The molecule has 3 rings (SSSR count). The molecule has 1 aromatic rings. The zero-order valence-corrected chi connectivity index (χ0v) is 7.99. The summed E-state index contributed by atoms with van der Waals surface area (Å²) in [5, 5.41) is 3.01. The van der Waals surface area contributed by atoms with Gasteiger partial charge in [-0.05, 0) is 12.1 Å². The van der Waals surface area contributed by atoms with Crippen molar-refractivity contribution in [3.05, 3.63) is 24.2 Å². The van der Waals surface area contributed by atoms with Crippen LogP contribution in [0.1, 0.15) is 4.11 Å². The first-order valence-electron chi connectivity index (χ1n) is 6.36. The molecule has 0 bridgehead atoms. The molecule has 15 heavy (non-hydrogen) atoms. The fourth-order valence-electron chi connectivity index (χ4n) is 1.59. The van der Waals surface area contributed by atoms with Gasteiger partial charge in [-0.3, -0.25) is 4.99 Å². The van der Waals surface area contributed by atoms with E-state index in [1.165, 1.54) is 12.1 Å². The van der Waals surface area contributed by atoms with Gasteiger partial charge in [0.15, 0.2) is 17.6 Å². The first-order chi connectivity index (χ1) is 8.63. The molecule has 0 saturated carbocycles.